The first kappa shape index (κ1) is 23.7. The summed E-state index contributed by atoms with van der Waals surface area (Å²) in [4.78, 5) is 31.4. The van der Waals surface area contributed by atoms with Gasteiger partial charge in [0.2, 0.25) is 11.8 Å². The molecule has 1 fully saturated rings. The lowest BCUT2D eigenvalue weighted by Gasteiger charge is -2.37. The van der Waals surface area contributed by atoms with Crippen LogP contribution >= 0.6 is 0 Å². The van der Waals surface area contributed by atoms with Crippen molar-refractivity contribution < 1.29 is 19.1 Å². The van der Waals surface area contributed by atoms with E-state index in [0.29, 0.717) is 26.3 Å². The topological polar surface area (TPSA) is 59.1 Å². The maximum atomic E-state index is 13.8. The number of anilines is 1. The van der Waals surface area contributed by atoms with Gasteiger partial charge in [-0.2, -0.15) is 0 Å². The molecule has 1 saturated carbocycles. The Balaban J connectivity index is 1.34. The minimum atomic E-state index is -0.236. The van der Waals surface area contributed by atoms with Gasteiger partial charge in [0.1, 0.15) is 0 Å². The first-order valence-corrected chi connectivity index (χ1v) is 13.2. The maximum Gasteiger partial charge on any atom is 0.230 e. The highest BCUT2D eigenvalue weighted by Gasteiger charge is 2.41. The van der Waals surface area contributed by atoms with Crippen molar-refractivity contribution in [1.82, 2.24) is 4.90 Å². The first-order chi connectivity index (χ1) is 17.1. The van der Waals surface area contributed by atoms with E-state index in [4.69, 9.17) is 9.47 Å². The lowest BCUT2D eigenvalue weighted by Crippen LogP contribution is -2.47. The molecule has 0 bridgehead atoms. The van der Waals surface area contributed by atoms with Crippen LogP contribution in [-0.2, 0) is 29.0 Å². The summed E-state index contributed by atoms with van der Waals surface area (Å²) < 4.78 is 11.6. The van der Waals surface area contributed by atoms with Gasteiger partial charge in [-0.3, -0.25) is 9.59 Å². The predicted molar refractivity (Wildman–Crippen MR) is 136 cm³/mol. The summed E-state index contributed by atoms with van der Waals surface area (Å²) in [7, 11) is 0. The van der Waals surface area contributed by atoms with Gasteiger partial charge in [0, 0.05) is 31.2 Å². The summed E-state index contributed by atoms with van der Waals surface area (Å²) in [6.07, 6.45) is 5.29. The van der Waals surface area contributed by atoms with E-state index in [-0.39, 0.29) is 23.7 Å². The SMILES string of the molecule is CCOc1cc2c(cc1OCC)CN(C(=O)C1CCCCC1C(=O)N1CCc3ccccc31)CC2. The molecule has 1 aliphatic carbocycles. The molecular weight excluding hydrogens is 440 g/mol. The summed E-state index contributed by atoms with van der Waals surface area (Å²) in [5, 5.41) is 0. The molecular formula is C29H36N2O4. The molecule has 35 heavy (non-hydrogen) atoms. The summed E-state index contributed by atoms with van der Waals surface area (Å²) in [5.41, 5.74) is 4.58. The van der Waals surface area contributed by atoms with Crippen LogP contribution in [0, 0.1) is 11.8 Å². The third-order valence-electron chi connectivity index (χ3n) is 7.74. The molecule has 2 aromatic carbocycles. The van der Waals surface area contributed by atoms with Crippen LogP contribution in [0.15, 0.2) is 36.4 Å². The quantitative estimate of drug-likeness (QED) is 0.603. The second kappa shape index (κ2) is 10.3. The van der Waals surface area contributed by atoms with Crippen molar-refractivity contribution in [3.05, 3.63) is 53.1 Å². The third-order valence-corrected chi connectivity index (χ3v) is 7.74. The van der Waals surface area contributed by atoms with Crippen LogP contribution < -0.4 is 14.4 Å². The number of hydrogen-bond acceptors (Lipinski definition) is 4. The van der Waals surface area contributed by atoms with Gasteiger partial charge in [0.15, 0.2) is 11.5 Å². The molecule has 6 heteroatoms. The van der Waals surface area contributed by atoms with E-state index in [2.05, 4.69) is 12.1 Å². The number of hydrogen-bond donors (Lipinski definition) is 0. The fourth-order valence-electron chi connectivity index (χ4n) is 6.01. The number of fused-ring (bicyclic) bond motifs is 2. The summed E-state index contributed by atoms with van der Waals surface area (Å²) >= 11 is 0. The lowest BCUT2D eigenvalue weighted by molar-refractivity contribution is -0.143. The second-order valence-corrected chi connectivity index (χ2v) is 9.81. The highest BCUT2D eigenvalue weighted by molar-refractivity contribution is 5.99. The van der Waals surface area contributed by atoms with Gasteiger partial charge in [-0.25, -0.2) is 0 Å². The van der Waals surface area contributed by atoms with E-state index in [1.807, 2.05) is 47.9 Å². The number of carbonyl (C=O) groups is 2. The van der Waals surface area contributed by atoms with Crippen LogP contribution in [-0.4, -0.2) is 43.0 Å². The minimum Gasteiger partial charge on any atom is -0.490 e. The zero-order valence-corrected chi connectivity index (χ0v) is 20.9. The molecule has 0 radical (unpaired) electrons. The number of carbonyl (C=O) groups excluding carboxylic acids is 2. The molecule has 0 aromatic heterocycles. The Bertz CT molecular complexity index is 1100. The largest absolute Gasteiger partial charge is 0.490 e. The molecule has 2 amide bonds. The molecule has 2 aromatic rings. The number of benzene rings is 2. The van der Waals surface area contributed by atoms with Crippen molar-refractivity contribution in [2.24, 2.45) is 11.8 Å². The molecule has 0 saturated heterocycles. The van der Waals surface area contributed by atoms with Gasteiger partial charge in [-0.15, -0.1) is 0 Å². The molecule has 0 N–H and O–H groups in total. The van der Waals surface area contributed by atoms with Crippen LogP contribution in [0.1, 0.15) is 56.2 Å². The van der Waals surface area contributed by atoms with E-state index in [0.717, 1.165) is 67.8 Å². The van der Waals surface area contributed by atoms with Gasteiger partial charge >= 0.3 is 0 Å². The smallest absolute Gasteiger partial charge is 0.230 e. The van der Waals surface area contributed by atoms with Crippen LogP contribution in [0.4, 0.5) is 5.69 Å². The van der Waals surface area contributed by atoms with Gasteiger partial charge < -0.3 is 19.3 Å². The number of para-hydroxylation sites is 1. The molecule has 6 nitrogen and oxygen atoms in total. The molecule has 186 valence electrons. The van der Waals surface area contributed by atoms with Crippen LogP contribution in [0.25, 0.3) is 0 Å². The van der Waals surface area contributed by atoms with Crippen molar-refractivity contribution >= 4 is 17.5 Å². The van der Waals surface area contributed by atoms with Gasteiger partial charge in [0.25, 0.3) is 0 Å². The van der Waals surface area contributed by atoms with E-state index in [1.165, 1.54) is 11.1 Å². The first-order valence-electron chi connectivity index (χ1n) is 13.2. The van der Waals surface area contributed by atoms with Crippen molar-refractivity contribution in [3.8, 4) is 11.5 Å². The fourth-order valence-corrected chi connectivity index (χ4v) is 6.01. The normalized spacial score (nSPS) is 21.3. The van der Waals surface area contributed by atoms with E-state index in [1.54, 1.807) is 0 Å². The predicted octanol–water partition coefficient (Wildman–Crippen LogP) is 4.76. The fraction of sp³-hybridized carbons (Fsp3) is 0.517. The van der Waals surface area contributed by atoms with E-state index in [9.17, 15) is 9.59 Å². The molecule has 3 aliphatic rings. The zero-order valence-electron chi connectivity index (χ0n) is 20.9. The lowest BCUT2D eigenvalue weighted by atomic mass is 9.77. The Kier molecular flexibility index (Phi) is 6.98. The Morgan fingerprint density at radius 1 is 0.829 bits per heavy atom. The Labute approximate surface area is 208 Å². The molecule has 2 heterocycles. The van der Waals surface area contributed by atoms with Gasteiger partial charge in [0.05, 0.1) is 19.1 Å². The second-order valence-electron chi connectivity index (χ2n) is 9.81. The Hall–Kier alpha value is -3.02. The molecule has 2 aliphatic heterocycles. The van der Waals surface area contributed by atoms with Crippen molar-refractivity contribution in [2.45, 2.75) is 58.9 Å². The number of rotatable bonds is 6. The average molecular weight is 477 g/mol. The van der Waals surface area contributed by atoms with Crippen molar-refractivity contribution in [1.29, 1.82) is 0 Å². The van der Waals surface area contributed by atoms with Gasteiger partial charge in [-0.1, -0.05) is 31.0 Å². The minimum absolute atomic E-state index is 0.130. The van der Waals surface area contributed by atoms with Crippen LogP contribution in [0.3, 0.4) is 0 Å². The summed E-state index contributed by atoms with van der Waals surface area (Å²) in [6.45, 7) is 7.03. The summed E-state index contributed by atoms with van der Waals surface area (Å²) in [5.74, 6) is 1.30. The van der Waals surface area contributed by atoms with Crippen molar-refractivity contribution in [2.75, 3.05) is 31.2 Å². The summed E-state index contributed by atoms with van der Waals surface area (Å²) in [6, 6.07) is 12.3. The maximum absolute atomic E-state index is 13.8. The zero-order chi connectivity index (χ0) is 24.4. The number of ether oxygens (including phenoxy) is 2. The molecule has 0 spiro atoms. The highest BCUT2D eigenvalue weighted by atomic mass is 16.5. The standard InChI is InChI=1S/C29H36N2O4/c1-3-34-26-17-21-13-15-30(19-22(21)18-27(26)35-4-2)28(32)23-10-6-7-11-24(23)29(33)31-16-14-20-9-5-8-12-25(20)31/h5,8-9,12,17-18,23-24H,3-4,6-7,10-11,13-16,19H2,1-2H3. The van der Waals surface area contributed by atoms with Crippen molar-refractivity contribution in [3.63, 3.8) is 0 Å². The van der Waals surface area contributed by atoms with Gasteiger partial charge in [-0.05, 0) is 74.4 Å². The van der Waals surface area contributed by atoms with Crippen LogP contribution in [0.2, 0.25) is 0 Å². The molecule has 2 atom stereocenters. The van der Waals surface area contributed by atoms with E-state index >= 15 is 0 Å². The number of amides is 2. The average Bonchev–Trinajstić information content (AvgIpc) is 3.32. The monoisotopic (exact) mass is 476 g/mol. The highest BCUT2D eigenvalue weighted by Crippen LogP contribution is 2.38. The van der Waals surface area contributed by atoms with E-state index < -0.39 is 0 Å². The third kappa shape index (κ3) is 4.63. The Morgan fingerprint density at radius 2 is 1.46 bits per heavy atom. The Morgan fingerprint density at radius 3 is 2.17 bits per heavy atom. The molecule has 5 rings (SSSR count). The van der Waals surface area contributed by atoms with Crippen LogP contribution in [0.5, 0.6) is 11.5 Å². The molecule has 2 unspecified atom stereocenters. The number of nitrogens with zero attached hydrogens (tertiary/aromatic N) is 2.